The quantitative estimate of drug-likeness (QED) is 0.501. The molecule has 3 nitrogen and oxygen atoms in total. The summed E-state index contributed by atoms with van der Waals surface area (Å²) in [7, 11) is 0. The van der Waals surface area contributed by atoms with Gasteiger partial charge in [-0.05, 0) is 25.3 Å². The zero-order chi connectivity index (χ0) is 9.36. The molecule has 1 saturated carbocycles. The molecule has 0 atom stereocenters. The Labute approximate surface area is 81.5 Å². The van der Waals surface area contributed by atoms with Crippen LogP contribution in [0.4, 0.5) is 0 Å². The van der Waals surface area contributed by atoms with E-state index in [4.69, 9.17) is 5.73 Å². The molecule has 1 aliphatic rings. The van der Waals surface area contributed by atoms with Gasteiger partial charge in [0.25, 0.3) is 0 Å². The predicted molar refractivity (Wildman–Crippen MR) is 56.8 cm³/mol. The molecule has 0 saturated heterocycles. The lowest BCUT2D eigenvalue weighted by Crippen LogP contribution is -2.32. The second-order valence-corrected chi connectivity index (χ2v) is 3.89. The molecule has 0 radical (unpaired) electrons. The van der Waals surface area contributed by atoms with Crippen molar-refractivity contribution in [1.29, 1.82) is 0 Å². The van der Waals surface area contributed by atoms with Crippen LogP contribution in [0.3, 0.4) is 0 Å². The van der Waals surface area contributed by atoms with Gasteiger partial charge >= 0.3 is 0 Å². The first kappa shape index (κ1) is 11.0. The van der Waals surface area contributed by atoms with E-state index < -0.39 is 0 Å². The van der Waals surface area contributed by atoms with E-state index in [0.29, 0.717) is 0 Å². The Morgan fingerprint density at radius 3 is 2.38 bits per heavy atom. The van der Waals surface area contributed by atoms with Crippen molar-refractivity contribution >= 4 is 0 Å². The number of nitrogens with one attached hydrogen (secondary N) is 2. The van der Waals surface area contributed by atoms with E-state index in [2.05, 4.69) is 10.6 Å². The van der Waals surface area contributed by atoms with E-state index >= 15 is 0 Å². The zero-order valence-corrected chi connectivity index (χ0v) is 8.52. The maximum atomic E-state index is 5.36. The number of rotatable bonds is 7. The number of hydrogen-bond acceptors (Lipinski definition) is 3. The molecule has 3 heteroatoms. The molecule has 0 aliphatic heterocycles. The Balaban J connectivity index is 1.78. The van der Waals surface area contributed by atoms with E-state index in [1.165, 1.54) is 32.2 Å². The number of hydrogen-bond donors (Lipinski definition) is 3. The third kappa shape index (κ3) is 5.24. The average molecular weight is 185 g/mol. The predicted octanol–water partition coefficient (Wildman–Crippen LogP) is 0.314. The molecular formula is C10H23N3. The highest BCUT2D eigenvalue weighted by atomic mass is 14.9. The maximum absolute atomic E-state index is 5.36. The Kier molecular flexibility index (Phi) is 6.15. The highest BCUT2D eigenvalue weighted by Gasteiger charge is 2.13. The fraction of sp³-hybridized carbons (Fsp3) is 1.00. The Hall–Kier alpha value is -0.120. The summed E-state index contributed by atoms with van der Waals surface area (Å²) in [6.07, 6.45) is 5.75. The van der Waals surface area contributed by atoms with E-state index in [1.807, 2.05) is 0 Å². The maximum Gasteiger partial charge on any atom is 0.00772 e. The minimum atomic E-state index is 0.739. The normalized spacial score (nSPS) is 18.2. The molecule has 0 aromatic heterocycles. The molecular weight excluding hydrogens is 162 g/mol. The third-order valence-corrected chi connectivity index (χ3v) is 2.71. The molecule has 0 unspecified atom stereocenters. The van der Waals surface area contributed by atoms with Crippen molar-refractivity contribution in [3.8, 4) is 0 Å². The van der Waals surface area contributed by atoms with Crippen LogP contribution in [-0.2, 0) is 0 Å². The van der Waals surface area contributed by atoms with E-state index in [-0.39, 0.29) is 0 Å². The molecule has 0 aromatic carbocycles. The molecule has 1 rings (SSSR count). The van der Waals surface area contributed by atoms with Gasteiger partial charge in [0.1, 0.15) is 0 Å². The van der Waals surface area contributed by atoms with Crippen LogP contribution in [0.25, 0.3) is 0 Å². The van der Waals surface area contributed by atoms with E-state index in [1.54, 1.807) is 0 Å². The van der Waals surface area contributed by atoms with Crippen LogP contribution in [0, 0.1) is 5.92 Å². The molecule has 4 N–H and O–H groups in total. The zero-order valence-electron chi connectivity index (χ0n) is 8.52. The molecule has 13 heavy (non-hydrogen) atoms. The van der Waals surface area contributed by atoms with Crippen LogP contribution >= 0.6 is 0 Å². The first-order chi connectivity index (χ1) is 6.43. The molecule has 0 bridgehead atoms. The van der Waals surface area contributed by atoms with Crippen molar-refractivity contribution in [2.45, 2.75) is 25.7 Å². The SMILES string of the molecule is NCCNCCNCC1CCCC1. The summed E-state index contributed by atoms with van der Waals surface area (Å²) in [5, 5.41) is 6.76. The van der Waals surface area contributed by atoms with Gasteiger partial charge in [-0.15, -0.1) is 0 Å². The van der Waals surface area contributed by atoms with Gasteiger partial charge in [-0.2, -0.15) is 0 Å². The summed E-state index contributed by atoms with van der Waals surface area (Å²) in [6.45, 7) is 5.01. The van der Waals surface area contributed by atoms with Crippen LogP contribution in [0.5, 0.6) is 0 Å². The standard InChI is InChI=1S/C10H23N3/c11-5-6-12-7-8-13-9-10-3-1-2-4-10/h10,12-13H,1-9,11H2. The second-order valence-electron chi connectivity index (χ2n) is 3.89. The fourth-order valence-corrected chi connectivity index (χ4v) is 1.92. The lowest BCUT2D eigenvalue weighted by Gasteiger charge is -2.10. The summed E-state index contributed by atoms with van der Waals surface area (Å²) < 4.78 is 0. The smallest absolute Gasteiger partial charge is 0.00772 e. The lowest BCUT2D eigenvalue weighted by atomic mass is 10.1. The van der Waals surface area contributed by atoms with Gasteiger partial charge in [0, 0.05) is 26.2 Å². The van der Waals surface area contributed by atoms with Crippen LogP contribution in [0.15, 0.2) is 0 Å². The minimum Gasteiger partial charge on any atom is -0.329 e. The van der Waals surface area contributed by atoms with Crippen molar-refractivity contribution in [1.82, 2.24) is 10.6 Å². The first-order valence-electron chi connectivity index (χ1n) is 5.55. The van der Waals surface area contributed by atoms with Gasteiger partial charge in [-0.3, -0.25) is 0 Å². The van der Waals surface area contributed by atoms with Gasteiger partial charge in [0.05, 0.1) is 0 Å². The average Bonchev–Trinajstić information content (AvgIpc) is 2.63. The van der Waals surface area contributed by atoms with E-state index in [0.717, 1.165) is 32.1 Å². The van der Waals surface area contributed by atoms with Crippen LogP contribution < -0.4 is 16.4 Å². The molecule has 78 valence electrons. The summed E-state index contributed by atoms with van der Waals surface area (Å²) in [6, 6.07) is 0. The molecule has 0 heterocycles. The van der Waals surface area contributed by atoms with Crippen LogP contribution in [0.2, 0.25) is 0 Å². The monoisotopic (exact) mass is 185 g/mol. The molecule has 1 aliphatic carbocycles. The van der Waals surface area contributed by atoms with E-state index in [9.17, 15) is 0 Å². The minimum absolute atomic E-state index is 0.739. The van der Waals surface area contributed by atoms with Crippen molar-refractivity contribution in [3.63, 3.8) is 0 Å². The van der Waals surface area contributed by atoms with Crippen molar-refractivity contribution in [2.75, 3.05) is 32.7 Å². The number of nitrogens with two attached hydrogens (primary N) is 1. The van der Waals surface area contributed by atoms with Crippen LogP contribution in [0.1, 0.15) is 25.7 Å². The van der Waals surface area contributed by atoms with Gasteiger partial charge in [-0.1, -0.05) is 12.8 Å². The van der Waals surface area contributed by atoms with Crippen molar-refractivity contribution in [2.24, 2.45) is 11.7 Å². The highest BCUT2D eigenvalue weighted by Crippen LogP contribution is 2.23. The third-order valence-electron chi connectivity index (χ3n) is 2.71. The largest absolute Gasteiger partial charge is 0.329 e. The van der Waals surface area contributed by atoms with Gasteiger partial charge in [0.2, 0.25) is 0 Å². The molecule has 0 spiro atoms. The van der Waals surface area contributed by atoms with Crippen LogP contribution in [-0.4, -0.2) is 32.7 Å². The molecule has 1 fully saturated rings. The summed E-state index contributed by atoms with van der Waals surface area (Å²) >= 11 is 0. The summed E-state index contributed by atoms with van der Waals surface area (Å²) in [5.41, 5.74) is 5.36. The molecule has 0 amide bonds. The topological polar surface area (TPSA) is 50.1 Å². The highest BCUT2D eigenvalue weighted by molar-refractivity contribution is 4.69. The Morgan fingerprint density at radius 1 is 1.00 bits per heavy atom. The first-order valence-corrected chi connectivity index (χ1v) is 5.55. The van der Waals surface area contributed by atoms with Crippen molar-refractivity contribution < 1.29 is 0 Å². The van der Waals surface area contributed by atoms with Crippen molar-refractivity contribution in [3.05, 3.63) is 0 Å². The second kappa shape index (κ2) is 7.30. The van der Waals surface area contributed by atoms with Gasteiger partial charge in [-0.25, -0.2) is 0 Å². The Morgan fingerprint density at radius 2 is 1.69 bits per heavy atom. The summed E-state index contributed by atoms with van der Waals surface area (Å²) in [4.78, 5) is 0. The van der Waals surface area contributed by atoms with Gasteiger partial charge < -0.3 is 16.4 Å². The molecule has 0 aromatic rings. The fourth-order valence-electron chi connectivity index (χ4n) is 1.92. The Bertz CT molecular complexity index is 111. The van der Waals surface area contributed by atoms with Gasteiger partial charge in [0.15, 0.2) is 0 Å². The lowest BCUT2D eigenvalue weighted by molar-refractivity contribution is 0.484. The summed E-state index contributed by atoms with van der Waals surface area (Å²) in [5.74, 6) is 0.953.